The zero-order valence-corrected chi connectivity index (χ0v) is 13.1. The third-order valence-electron chi connectivity index (χ3n) is 4.55. The molecule has 0 radical (unpaired) electrons. The lowest BCUT2D eigenvalue weighted by Crippen LogP contribution is -2.37. The van der Waals surface area contributed by atoms with E-state index in [4.69, 9.17) is 0 Å². The summed E-state index contributed by atoms with van der Waals surface area (Å²) >= 11 is 0. The minimum Gasteiger partial charge on any atom is -0.342 e. The van der Waals surface area contributed by atoms with Crippen molar-refractivity contribution in [3.05, 3.63) is 30.1 Å². The molecule has 23 heavy (non-hydrogen) atoms. The smallest absolute Gasteiger partial charge is 0.238 e. The first-order valence-corrected chi connectivity index (χ1v) is 8.19. The summed E-state index contributed by atoms with van der Waals surface area (Å²) in [6.45, 7) is 3.26. The summed E-state index contributed by atoms with van der Waals surface area (Å²) in [6.07, 6.45) is 2.97. The Hall–Kier alpha value is -1.95. The van der Waals surface area contributed by atoms with E-state index >= 15 is 0 Å². The van der Waals surface area contributed by atoms with Crippen molar-refractivity contribution in [3.63, 3.8) is 0 Å². The van der Waals surface area contributed by atoms with E-state index in [1.54, 1.807) is 12.1 Å². The van der Waals surface area contributed by atoms with Gasteiger partial charge in [-0.1, -0.05) is 12.1 Å². The normalized spacial score (nSPS) is 21.6. The third-order valence-corrected chi connectivity index (χ3v) is 4.55. The number of likely N-dealkylation sites (tertiary alicyclic amines) is 2. The highest BCUT2D eigenvalue weighted by Gasteiger charge is 2.32. The minimum absolute atomic E-state index is 0.00522. The first-order valence-electron chi connectivity index (χ1n) is 8.19. The van der Waals surface area contributed by atoms with E-state index < -0.39 is 5.82 Å². The molecule has 124 valence electrons. The molecule has 6 heteroatoms. The summed E-state index contributed by atoms with van der Waals surface area (Å²) in [5.41, 5.74) is 0.196. The number of hydrogen-bond donors (Lipinski definition) is 1. The number of nitrogens with one attached hydrogen (secondary N) is 1. The van der Waals surface area contributed by atoms with Gasteiger partial charge in [-0.15, -0.1) is 0 Å². The predicted molar refractivity (Wildman–Crippen MR) is 85.4 cm³/mol. The monoisotopic (exact) mass is 319 g/mol. The summed E-state index contributed by atoms with van der Waals surface area (Å²) in [4.78, 5) is 28.3. The van der Waals surface area contributed by atoms with E-state index in [1.165, 1.54) is 12.1 Å². The predicted octanol–water partition coefficient (Wildman–Crippen LogP) is 1.71. The number of carbonyl (C=O) groups excluding carboxylic acids is 2. The Labute approximate surface area is 135 Å². The van der Waals surface area contributed by atoms with Gasteiger partial charge in [-0.05, 0) is 37.9 Å². The quantitative estimate of drug-likeness (QED) is 0.919. The summed E-state index contributed by atoms with van der Waals surface area (Å²) in [6, 6.07) is 6.12. The Balaban J connectivity index is 1.48. The SMILES string of the molecule is O=C(CN1CCC(C(=O)N2CCCC2)C1)Nc1ccccc1F. The van der Waals surface area contributed by atoms with Crippen LogP contribution in [-0.2, 0) is 9.59 Å². The van der Waals surface area contributed by atoms with Crippen molar-refractivity contribution in [2.24, 2.45) is 5.92 Å². The molecule has 0 aliphatic carbocycles. The molecular formula is C17H22FN3O2. The van der Waals surface area contributed by atoms with Crippen molar-refractivity contribution < 1.29 is 14.0 Å². The number of hydrogen-bond acceptors (Lipinski definition) is 3. The molecule has 2 aliphatic rings. The van der Waals surface area contributed by atoms with E-state index in [0.717, 1.165) is 38.9 Å². The number of nitrogens with zero attached hydrogens (tertiary/aromatic N) is 2. The van der Waals surface area contributed by atoms with E-state index in [0.29, 0.717) is 6.54 Å². The van der Waals surface area contributed by atoms with Crippen LogP contribution in [0.15, 0.2) is 24.3 Å². The Bertz CT molecular complexity index is 587. The molecule has 2 fully saturated rings. The van der Waals surface area contributed by atoms with Crippen molar-refractivity contribution >= 4 is 17.5 Å². The van der Waals surface area contributed by atoms with Crippen molar-refractivity contribution in [2.75, 3.05) is 38.0 Å². The molecule has 5 nitrogen and oxygen atoms in total. The molecular weight excluding hydrogens is 297 g/mol. The molecule has 1 atom stereocenters. The van der Waals surface area contributed by atoms with Gasteiger partial charge in [-0.3, -0.25) is 14.5 Å². The largest absolute Gasteiger partial charge is 0.342 e. The molecule has 1 N–H and O–H groups in total. The molecule has 2 heterocycles. The number of carbonyl (C=O) groups is 2. The Kier molecular flexibility index (Phi) is 4.91. The molecule has 1 aromatic carbocycles. The highest BCUT2D eigenvalue weighted by molar-refractivity contribution is 5.92. The van der Waals surface area contributed by atoms with Crippen LogP contribution < -0.4 is 5.32 Å². The van der Waals surface area contributed by atoms with Crippen LogP contribution >= 0.6 is 0 Å². The minimum atomic E-state index is -0.440. The number of amides is 2. The maximum atomic E-state index is 13.5. The van der Waals surface area contributed by atoms with Crippen LogP contribution in [0.4, 0.5) is 10.1 Å². The molecule has 2 saturated heterocycles. The molecule has 1 unspecified atom stereocenters. The van der Waals surface area contributed by atoms with Crippen molar-refractivity contribution in [1.29, 1.82) is 0 Å². The lowest BCUT2D eigenvalue weighted by atomic mass is 10.1. The van der Waals surface area contributed by atoms with Crippen LogP contribution in [-0.4, -0.2) is 54.3 Å². The average molecular weight is 319 g/mol. The Morgan fingerprint density at radius 1 is 1.17 bits per heavy atom. The molecule has 0 aromatic heterocycles. The third kappa shape index (κ3) is 3.88. The standard InChI is InChI=1S/C17H22FN3O2/c18-14-5-1-2-6-15(14)19-16(22)12-20-10-7-13(11-20)17(23)21-8-3-4-9-21/h1-2,5-6,13H,3-4,7-12H2,(H,19,22). The van der Waals surface area contributed by atoms with Crippen LogP contribution in [0, 0.1) is 11.7 Å². The van der Waals surface area contributed by atoms with Gasteiger partial charge in [0.15, 0.2) is 0 Å². The van der Waals surface area contributed by atoms with Crippen LogP contribution in [0.3, 0.4) is 0 Å². The summed E-state index contributed by atoms with van der Waals surface area (Å²) in [7, 11) is 0. The summed E-state index contributed by atoms with van der Waals surface area (Å²) < 4.78 is 13.5. The van der Waals surface area contributed by atoms with Crippen LogP contribution in [0.1, 0.15) is 19.3 Å². The van der Waals surface area contributed by atoms with Crippen molar-refractivity contribution in [3.8, 4) is 0 Å². The second kappa shape index (κ2) is 7.08. The maximum absolute atomic E-state index is 13.5. The van der Waals surface area contributed by atoms with Crippen molar-refractivity contribution in [2.45, 2.75) is 19.3 Å². The molecule has 0 spiro atoms. The molecule has 0 bridgehead atoms. The van der Waals surface area contributed by atoms with Gasteiger partial charge in [0.25, 0.3) is 0 Å². The fourth-order valence-electron chi connectivity index (χ4n) is 3.33. The van der Waals surface area contributed by atoms with Crippen LogP contribution in [0.2, 0.25) is 0 Å². The lowest BCUT2D eigenvalue weighted by Gasteiger charge is -2.20. The van der Waals surface area contributed by atoms with E-state index in [-0.39, 0.29) is 30.0 Å². The number of benzene rings is 1. The molecule has 2 aliphatic heterocycles. The van der Waals surface area contributed by atoms with Gasteiger partial charge in [0.05, 0.1) is 18.2 Å². The van der Waals surface area contributed by atoms with E-state index in [1.807, 2.05) is 9.80 Å². The highest BCUT2D eigenvalue weighted by atomic mass is 19.1. The number of rotatable bonds is 4. The van der Waals surface area contributed by atoms with Gasteiger partial charge >= 0.3 is 0 Å². The second-order valence-corrected chi connectivity index (χ2v) is 6.28. The van der Waals surface area contributed by atoms with Gasteiger partial charge in [0, 0.05) is 19.6 Å². The molecule has 1 aromatic rings. The van der Waals surface area contributed by atoms with E-state index in [2.05, 4.69) is 5.32 Å². The average Bonchev–Trinajstić information content (AvgIpc) is 3.20. The molecule has 3 rings (SSSR count). The van der Waals surface area contributed by atoms with Crippen molar-refractivity contribution in [1.82, 2.24) is 9.80 Å². The molecule has 2 amide bonds. The second-order valence-electron chi connectivity index (χ2n) is 6.28. The zero-order valence-electron chi connectivity index (χ0n) is 13.1. The molecule has 0 saturated carbocycles. The van der Waals surface area contributed by atoms with Gasteiger partial charge < -0.3 is 10.2 Å². The van der Waals surface area contributed by atoms with Gasteiger partial charge in [0.2, 0.25) is 11.8 Å². The van der Waals surface area contributed by atoms with Gasteiger partial charge in [0.1, 0.15) is 5.82 Å². The van der Waals surface area contributed by atoms with Gasteiger partial charge in [-0.2, -0.15) is 0 Å². The topological polar surface area (TPSA) is 52.7 Å². The Morgan fingerprint density at radius 3 is 2.65 bits per heavy atom. The number of anilines is 1. The van der Waals surface area contributed by atoms with Gasteiger partial charge in [-0.25, -0.2) is 4.39 Å². The highest BCUT2D eigenvalue weighted by Crippen LogP contribution is 2.21. The fraction of sp³-hybridized carbons (Fsp3) is 0.529. The summed E-state index contributed by atoms with van der Waals surface area (Å²) in [5.74, 6) is -0.470. The number of para-hydroxylation sites is 1. The maximum Gasteiger partial charge on any atom is 0.238 e. The zero-order chi connectivity index (χ0) is 16.2. The first-order chi connectivity index (χ1) is 11.1. The first kappa shape index (κ1) is 15.9. The Morgan fingerprint density at radius 2 is 1.91 bits per heavy atom. The fourth-order valence-corrected chi connectivity index (χ4v) is 3.33. The lowest BCUT2D eigenvalue weighted by molar-refractivity contribution is -0.134. The van der Waals surface area contributed by atoms with Crippen LogP contribution in [0.5, 0.6) is 0 Å². The van der Waals surface area contributed by atoms with E-state index in [9.17, 15) is 14.0 Å². The summed E-state index contributed by atoms with van der Waals surface area (Å²) in [5, 5.41) is 2.59. The van der Waals surface area contributed by atoms with Crippen LogP contribution in [0.25, 0.3) is 0 Å². The number of halogens is 1.